The van der Waals surface area contributed by atoms with E-state index in [1.807, 2.05) is 6.08 Å². The van der Waals surface area contributed by atoms with Crippen LogP contribution < -0.4 is 5.32 Å². The lowest BCUT2D eigenvalue weighted by Gasteiger charge is -2.43. The minimum absolute atomic E-state index is 0.129. The van der Waals surface area contributed by atoms with Crippen molar-refractivity contribution in [1.29, 1.82) is 0 Å². The van der Waals surface area contributed by atoms with Gasteiger partial charge in [-0.25, -0.2) is 0 Å². The Hall–Kier alpha value is -1.16. The molecule has 2 rings (SSSR count). The number of piperidine rings is 1. The predicted molar refractivity (Wildman–Crippen MR) is 72.5 cm³/mol. The molecule has 4 heteroatoms. The van der Waals surface area contributed by atoms with Crippen LogP contribution in [0.3, 0.4) is 0 Å². The van der Waals surface area contributed by atoms with Gasteiger partial charge in [0.05, 0.1) is 6.10 Å². The number of nitrogens with one attached hydrogen (secondary N) is 1. The highest BCUT2D eigenvalue weighted by Crippen LogP contribution is 2.47. The highest BCUT2D eigenvalue weighted by atomic mass is 16.5. The number of hydrogen-bond donors (Lipinski definition) is 1. The molecule has 1 N–H and O–H groups in total. The van der Waals surface area contributed by atoms with Crippen LogP contribution >= 0.6 is 0 Å². The SMILES string of the molecule is CCCCCC12CC(=O)NC(=O)C1=CCC(OC)C2. The van der Waals surface area contributed by atoms with Crippen LogP contribution in [0.25, 0.3) is 0 Å². The molecule has 0 aromatic rings. The molecule has 2 aliphatic rings. The summed E-state index contributed by atoms with van der Waals surface area (Å²) < 4.78 is 5.45. The van der Waals surface area contributed by atoms with Crippen LogP contribution in [0.15, 0.2) is 11.6 Å². The number of amides is 2. The van der Waals surface area contributed by atoms with Crippen molar-refractivity contribution in [2.75, 3.05) is 7.11 Å². The first-order valence-electron chi connectivity index (χ1n) is 7.19. The molecule has 0 saturated carbocycles. The first kappa shape index (κ1) is 14.3. The molecule has 1 fully saturated rings. The van der Waals surface area contributed by atoms with Gasteiger partial charge in [0.2, 0.25) is 5.91 Å². The highest BCUT2D eigenvalue weighted by molar-refractivity contribution is 6.08. The zero-order valence-corrected chi connectivity index (χ0v) is 11.8. The van der Waals surface area contributed by atoms with Crippen LogP contribution in [0.5, 0.6) is 0 Å². The minimum Gasteiger partial charge on any atom is -0.381 e. The topological polar surface area (TPSA) is 55.4 Å². The molecule has 0 aromatic heterocycles. The van der Waals surface area contributed by atoms with Gasteiger partial charge in [-0.1, -0.05) is 32.3 Å². The summed E-state index contributed by atoms with van der Waals surface area (Å²) in [6.07, 6.45) is 8.34. The maximum absolute atomic E-state index is 12.0. The van der Waals surface area contributed by atoms with Gasteiger partial charge in [0.1, 0.15) is 0 Å². The Morgan fingerprint density at radius 1 is 1.42 bits per heavy atom. The lowest BCUT2D eigenvalue weighted by molar-refractivity contribution is -0.134. The molecule has 2 amide bonds. The predicted octanol–water partition coefficient (Wildman–Crippen LogP) is 2.33. The van der Waals surface area contributed by atoms with E-state index in [4.69, 9.17) is 4.74 Å². The summed E-state index contributed by atoms with van der Waals surface area (Å²) in [7, 11) is 1.70. The van der Waals surface area contributed by atoms with E-state index in [0.29, 0.717) is 6.42 Å². The van der Waals surface area contributed by atoms with Crippen molar-refractivity contribution in [1.82, 2.24) is 5.32 Å². The number of rotatable bonds is 5. The Labute approximate surface area is 114 Å². The Bertz CT molecular complexity index is 402. The summed E-state index contributed by atoms with van der Waals surface area (Å²) in [4.78, 5) is 23.8. The fourth-order valence-corrected chi connectivity index (χ4v) is 3.36. The molecule has 0 radical (unpaired) electrons. The third kappa shape index (κ3) is 2.89. The third-order valence-electron chi connectivity index (χ3n) is 4.36. The summed E-state index contributed by atoms with van der Waals surface area (Å²) in [5.41, 5.74) is 0.532. The molecular weight excluding hydrogens is 242 g/mol. The summed E-state index contributed by atoms with van der Waals surface area (Å²) in [6.45, 7) is 2.16. The number of carbonyl (C=O) groups is 2. The molecule has 0 spiro atoms. The molecule has 1 saturated heterocycles. The lowest BCUT2D eigenvalue weighted by Crippen LogP contribution is -2.49. The second kappa shape index (κ2) is 5.87. The largest absolute Gasteiger partial charge is 0.381 e. The smallest absolute Gasteiger partial charge is 0.254 e. The molecule has 0 aromatic carbocycles. The van der Waals surface area contributed by atoms with E-state index < -0.39 is 0 Å². The molecule has 0 bridgehead atoms. The molecule has 1 aliphatic carbocycles. The second-order valence-corrected chi connectivity index (χ2v) is 5.71. The quantitative estimate of drug-likeness (QED) is 0.613. The fraction of sp³-hybridized carbons (Fsp3) is 0.733. The summed E-state index contributed by atoms with van der Waals surface area (Å²) >= 11 is 0. The molecule has 2 atom stereocenters. The maximum atomic E-state index is 12.0. The maximum Gasteiger partial charge on any atom is 0.254 e. The summed E-state index contributed by atoms with van der Waals surface area (Å²) in [5.74, 6) is -0.335. The number of imide groups is 1. The van der Waals surface area contributed by atoms with Gasteiger partial charge < -0.3 is 4.74 Å². The van der Waals surface area contributed by atoms with Gasteiger partial charge >= 0.3 is 0 Å². The van der Waals surface area contributed by atoms with E-state index in [9.17, 15) is 9.59 Å². The Morgan fingerprint density at radius 3 is 2.89 bits per heavy atom. The summed E-state index contributed by atoms with van der Waals surface area (Å²) in [6, 6.07) is 0. The van der Waals surface area contributed by atoms with Gasteiger partial charge in [0, 0.05) is 24.5 Å². The minimum atomic E-state index is -0.284. The monoisotopic (exact) mass is 265 g/mol. The van der Waals surface area contributed by atoms with E-state index >= 15 is 0 Å². The second-order valence-electron chi connectivity index (χ2n) is 5.71. The Morgan fingerprint density at radius 2 is 2.21 bits per heavy atom. The fourth-order valence-electron chi connectivity index (χ4n) is 3.36. The molecule has 4 nitrogen and oxygen atoms in total. The zero-order valence-electron chi connectivity index (χ0n) is 11.8. The lowest BCUT2D eigenvalue weighted by atomic mass is 9.64. The van der Waals surface area contributed by atoms with E-state index in [2.05, 4.69) is 12.2 Å². The Kier molecular flexibility index (Phi) is 4.40. The van der Waals surface area contributed by atoms with E-state index in [1.165, 1.54) is 0 Å². The van der Waals surface area contributed by atoms with Crippen LogP contribution in [-0.4, -0.2) is 25.0 Å². The molecule has 19 heavy (non-hydrogen) atoms. The first-order valence-corrected chi connectivity index (χ1v) is 7.19. The van der Waals surface area contributed by atoms with Crippen molar-refractivity contribution in [3.63, 3.8) is 0 Å². The van der Waals surface area contributed by atoms with E-state index in [-0.39, 0.29) is 23.3 Å². The number of ether oxygens (including phenoxy) is 1. The van der Waals surface area contributed by atoms with Gasteiger partial charge in [-0.15, -0.1) is 0 Å². The molecular formula is C15H23NO3. The molecule has 1 aliphatic heterocycles. The van der Waals surface area contributed by atoms with Gasteiger partial charge in [-0.3, -0.25) is 14.9 Å². The van der Waals surface area contributed by atoms with Gasteiger partial charge in [0.25, 0.3) is 5.91 Å². The van der Waals surface area contributed by atoms with Crippen LogP contribution in [-0.2, 0) is 14.3 Å². The standard InChI is InChI=1S/C15H23NO3/c1-3-4-5-8-15-9-11(19-2)6-7-12(15)14(18)16-13(17)10-15/h7,11H,3-6,8-10H2,1-2H3,(H,16,17,18). The normalized spacial score (nSPS) is 30.6. The van der Waals surface area contributed by atoms with Gasteiger partial charge in [-0.2, -0.15) is 0 Å². The van der Waals surface area contributed by atoms with Crippen molar-refractivity contribution in [2.24, 2.45) is 5.41 Å². The third-order valence-corrected chi connectivity index (χ3v) is 4.36. The number of carbonyl (C=O) groups excluding carboxylic acids is 2. The van der Waals surface area contributed by atoms with E-state index in [0.717, 1.165) is 44.1 Å². The number of methoxy groups -OCH3 is 1. The van der Waals surface area contributed by atoms with Crippen molar-refractivity contribution in [3.8, 4) is 0 Å². The number of unbranched alkanes of at least 4 members (excludes halogenated alkanes) is 2. The van der Waals surface area contributed by atoms with Crippen LogP contribution in [0.2, 0.25) is 0 Å². The first-order chi connectivity index (χ1) is 9.11. The molecule has 1 heterocycles. The van der Waals surface area contributed by atoms with Gasteiger partial charge in [-0.05, 0) is 19.3 Å². The van der Waals surface area contributed by atoms with Crippen molar-refractivity contribution in [2.45, 2.75) is 58.0 Å². The van der Waals surface area contributed by atoms with Crippen molar-refractivity contribution < 1.29 is 14.3 Å². The molecule has 106 valence electrons. The number of hydrogen-bond acceptors (Lipinski definition) is 3. The van der Waals surface area contributed by atoms with Crippen molar-refractivity contribution in [3.05, 3.63) is 11.6 Å². The average Bonchev–Trinajstić information content (AvgIpc) is 2.37. The highest BCUT2D eigenvalue weighted by Gasteiger charge is 2.46. The number of fused-ring (bicyclic) bond motifs is 1. The van der Waals surface area contributed by atoms with Crippen LogP contribution in [0, 0.1) is 5.41 Å². The average molecular weight is 265 g/mol. The van der Waals surface area contributed by atoms with Crippen molar-refractivity contribution >= 4 is 11.8 Å². The van der Waals surface area contributed by atoms with Gasteiger partial charge in [0.15, 0.2) is 0 Å². The van der Waals surface area contributed by atoms with E-state index in [1.54, 1.807) is 7.11 Å². The van der Waals surface area contributed by atoms with Crippen LogP contribution in [0.1, 0.15) is 51.9 Å². The summed E-state index contributed by atoms with van der Waals surface area (Å²) in [5, 5.41) is 2.44. The Balaban J connectivity index is 2.24. The van der Waals surface area contributed by atoms with Crippen LogP contribution in [0.4, 0.5) is 0 Å². The molecule has 2 unspecified atom stereocenters. The zero-order chi connectivity index (χ0) is 13.9.